The van der Waals surface area contributed by atoms with E-state index in [-0.39, 0.29) is 12.3 Å². The van der Waals surface area contributed by atoms with Gasteiger partial charge in [0.2, 0.25) is 0 Å². The minimum atomic E-state index is -0.478. The highest BCUT2D eigenvalue weighted by Gasteiger charge is 2.09. The zero-order chi connectivity index (χ0) is 12.8. The smallest absolute Gasteiger partial charge is 0.271 e. The molecule has 6 nitrogen and oxygen atoms in total. The third kappa shape index (κ3) is 3.92. The number of hydrogen-bond acceptors (Lipinski definition) is 5. The van der Waals surface area contributed by atoms with Gasteiger partial charge in [-0.2, -0.15) is 0 Å². The summed E-state index contributed by atoms with van der Waals surface area (Å²) in [6, 6.07) is 4.34. The summed E-state index contributed by atoms with van der Waals surface area (Å²) in [7, 11) is 0. The number of hydrogen-bond donors (Lipinski definition) is 3. The maximum absolute atomic E-state index is 10.5. The molecule has 1 rings (SSSR count). The molecule has 1 aromatic rings. The number of anilines is 2. The van der Waals surface area contributed by atoms with Crippen LogP contribution in [0.15, 0.2) is 18.2 Å². The molecule has 1 atom stereocenters. The van der Waals surface area contributed by atoms with Gasteiger partial charge in [0.1, 0.15) is 0 Å². The Labute approximate surface area is 99.6 Å². The van der Waals surface area contributed by atoms with Crippen LogP contribution in [-0.2, 0) is 0 Å². The molecule has 0 spiro atoms. The average Bonchev–Trinajstić information content (AvgIpc) is 2.27. The summed E-state index contributed by atoms with van der Waals surface area (Å²) >= 11 is 0. The van der Waals surface area contributed by atoms with Gasteiger partial charge in [-0.3, -0.25) is 10.1 Å². The molecule has 94 valence electrons. The lowest BCUT2D eigenvalue weighted by Crippen LogP contribution is -2.13. The summed E-state index contributed by atoms with van der Waals surface area (Å²) in [5, 5.41) is 22.4. The van der Waals surface area contributed by atoms with Crippen LogP contribution in [0.5, 0.6) is 0 Å². The molecule has 6 heteroatoms. The third-order valence-corrected chi connectivity index (χ3v) is 2.51. The topological polar surface area (TPSA) is 101 Å². The summed E-state index contributed by atoms with van der Waals surface area (Å²) in [6.07, 6.45) is 0.708. The Morgan fingerprint density at radius 3 is 2.82 bits per heavy atom. The van der Waals surface area contributed by atoms with Crippen LogP contribution in [0.25, 0.3) is 0 Å². The Kier molecular flexibility index (Phi) is 4.71. The van der Waals surface area contributed by atoms with E-state index < -0.39 is 4.92 Å². The molecule has 0 amide bonds. The minimum absolute atomic E-state index is 0.0172. The van der Waals surface area contributed by atoms with Gasteiger partial charge in [0.15, 0.2) is 0 Å². The molecule has 0 radical (unpaired) electrons. The molecule has 0 saturated carbocycles. The number of non-ortho nitro benzene ring substituents is 1. The first-order valence-corrected chi connectivity index (χ1v) is 5.43. The standard InChI is InChI=1S/C11H17N3O3/c1-8(4-5-15)7-13-11-3-2-9(14(16)17)6-10(11)12/h2-3,6,8,13,15H,4-5,7,12H2,1H3. The van der Waals surface area contributed by atoms with Crippen LogP contribution < -0.4 is 11.1 Å². The average molecular weight is 239 g/mol. The Morgan fingerprint density at radius 1 is 1.59 bits per heavy atom. The van der Waals surface area contributed by atoms with Crippen molar-refractivity contribution in [2.75, 3.05) is 24.2 Å². The maximum atomic E-state index is 10.5. The van der Waals surface area contributed by atoms with Crippen LogP contribution in [0.3, 0.4) is 0 Å². The molecule has 0 aliphatic heterocycles. The summed E-state index contributed by atoms with van der Waals surface area (Å²) in [4.78, 5) is 10.0. The van der Waals surface area contributed by atoms with Crippen molar-refractivity contribution < 1.29 is 10.0 Å². The number of nitrogen functional groups attached to an aromatic ring is 1. The first-order valence-electron chi connectivity index (χ1n) is 5.43. The molecule has 0 aliphatic rings. The van der Waals surface area contributed by atoms with E-state index in [2.05, 4.69) is 5.32 Å². The second-order valence-electron chi connectivity index (χ2n) is 4.03. The Hall–Kier alpha value is -1.82. The van der Waals surface area contributed by atoms with Crippen LogP contribution in [0.1, 0.15) is 13.3 Å². The zero-order valence-corrected chi connectivity index (χ0v) is 9.72. The molecular weight excluding hydrogens is 222 g/mol. The number of aliphatic hydroxyl groups excluding tert-OH is 1. The van der Waals surface area contributed by atoms with E-state index >= 15 is 0 Å². The first kappa shape index (κ1) is 13.2. The van der Waals surface area contributed by atoms with E-state index in [1.807, 2.05) is 6.92 Å². The summed E-state index contributed by atoms with van der Waals surface area (Å²) in [5.74, 6) is 0.314. The lowest BCUT2D eigenvalue weighted by Gasteiger charge is -2.13. The van der Waals surface area contributed by atoms with Crippen LogP contribution in [0.2, 0.25) is 0 Å². The molecule has 0 fully saturated rings. The van der Waals surface area contributed by atoms with Crippen LogP contribution >= 0.6 is 0 Å². The normalized spacial score (nSPS) is 12.1. The van der Waals surface area contributed by atoms with Gasteiger partial charge in [-0.15, -0.1) is 0 Å². The van der Waals surface area contributed by atoms with Gasteiger partial charge in [-0.1, -0.05) is 6.92 Å². The van der Waals surface area contributed by atoms with Gasteiger partial charge >= 0.3 is 0 Å². The second-order valence-corrected chi connectivity index (χ2v) is 4.03. The van der Waals surface area contributed by atoms with E-state index in [0.29, 0.717) is 30.3 Å². The van der Waals surface area contributed by atoms with Gasteiger partial charge in [0, 0.05) is 25.3 Å². The van der Waals surface area contributed by atoms with Crippen molar-refractivity contribution >= 4 is 17.1 Å². The fraction of sp³-hybridized carbons (Fsp3) is 0.455. The molecule has 1 unspecified atom stereocenters. The molecule has 0 aliphatic carbocycles. The second kappa shape index (κ2) is 6.05. The number of nitro benzene ring substituents is 1. The van der Waals surface area contributed by atoms with Crippen molar-refractivity contribution in [1.82, 2.24) is 0 Å². The van der Waals surface area contributed by atoms with E-state index in [1.54, 1.807) is 6.07 Å². The fourth-order valence-electron chi connectivity index (χ4n) is 1.43. The summed E-state index contributed by atoms with van der Waals surface area (Å²) in [6.45, 7) is 2.83. The fourth-order valence-corrected chi connectivity index (χ4v) is 1.43. The van der Waals surface area contributed by atoms with Gasteiger partial charge in [0.25, 0.3) is 5.69 Å². The number of nitrogens with zero attached hydrogens (tertiary/aromatic N) is 1. The molecule has 4 N–H and O–H groups in total. The first-order chi connectivity index (χ1) is 8.04. The number of nitro groups is 1. The quantitative estimate of drug-likeness (QED) is 0.397. The number of nitrogens with one attached hydrogen (secondary N) is 1. The minimum Gasteiger partial charge on any atom is -0.397 e. The maximum Gasteiger partial charge on any atom is 0.271 e. The van der Waals surface area contributed by atoms with Gasteiger partial charge in [-0.25, -0.2) is 0 Å². The van der Waals surface area contributed by atoms with Crippen LogP contribution in [-0.4, -0.2) is 23.2 Å². The highest BCUT2D eigenvalue weighted by molar-refractivity contribution is 5.69. The number of aliphatic hydroxyl groups is 1. The van der Waals surface area contributed by atoms with Crippen molar-refractivity contribution in [2.45, 2.75) is 13.3 Å². The van der Waals surface area contributed by atoms with Crippen molar-refractivity contribution in [3.05, 3.63) is 28.3 Å². The molecule has 0 saturated heterocycles. The van der Waals surface area contributed by atoms with E-state index in [9.17, 15) is 10.1 Å². The molecule has 17 heavy (non-hydrogen) atoms. The Balaban J connectivity index is 2.63. The predicted molar refractivity (Wildman–Crippen MR) is 66.9 cm³/mol. The SMILES string of the molecule is CC(CCO)CNc1ccc([N+](=O)[O-])cc1N. The van der Waals surface area contributed by atoms with Crippen molar-refractivity contribution in [3.63, 3.8) is 0 Å². The summed E-state index contributed by atoms with van der Waals surface area (Å²) in [5.41, 5.74) is 6.72. The Bertz CT molecular complexity index is 396. The van der Waals surface area contributed by atoms with Crippen molar-refractivity contribution in [1.29, 1.82) is 0 Å². The van der Waals surface area contributed by atoms with Gasteiger partial charge < -0.3 is 16.2 Å². The van der Waals surface area contributed by atoms with Crippen LogP contribution in [0.4, 0.5) is 17.1 Å². The van der Waals surface area contributed by atoms with Gasteiger partial charge in [0.05, 0.1) is 16.3 Å². The highest BCUT2D eigenvalue weighted by Crippen LogP contribution is 2.24. The third-order valence-electron chi connectivity index (χ3n) is 2.51. The molecule has 0 aromatic heterocycles. The lowest BCUT2D eigenvalue weighted by atomic mass is 10.1. The molecule has 1 aromatic carbocycles. The summed E-state index contributed by atoms with van der Waals surface area (Å²) < 4.78 is 0. The van der Waals surface area contributed by atoms with Crippen molar-refractivity contribution in [3.8, 4) is 0 Å². The molecule has 0 heterocycles. The van der Waals surface area contributed by atoms with Crippen LogP contribution in [0, 0.1) is 16.0 Å². The molecular formula is C11H17N3O3. The lowest BCUT2D eigenvalue weighted by molar-refractivity contribution is -0.384. The van der Waals surface area contributed by atoms with Gasteiger partial charge in [-0.05, 0) is 18.4 Å². The number of rotatable bonds is 6. The zero-order valence-electron chi connectivity index (χ0n) is 9.72. The largest absolute Gasteiger partial charge is 0.397 e. The van der Waals surface area contributed by atoms with E-state index in [0.717, 1.165) is 0 Å². The predicted octanol–water partition coefficient (Wildman–Crippen LogP) is 1.61. The highest BCUT2D eigenvalue weighted by atomic mass is 16.6. The van der Waals surface area contributed by atoms with Crippen molar-refractivity contribution in [2.24, 2.45) is 5.92 Å². The monoisotopic (exact) mass is 239 g/mol. The van der Waals surface area contributed by atoms with E-state index in [4.69, 9.17) is 10.8 Å². The van der Waals surface area contributed by atoms with E-state index in [1.165, 1.54) is 12.1 Å². The number of benzene rings is 1. The number of nitrogens with two attached hydrogens (primary N) is 1. The molecule has 0 bridgehead atoms. The Morgan fingerprint density at radius 2 is 2.29 bits per heavy atom.